The van der Waals surface area contributed by atoms with E-state index in [0.717, 1.165) is 25.9 Å². The summed E-state index contributed by atoms with van der Waals surface area (Å²) in [6, 6.07) is 5.97. The molecule has 0 unspecified atom stereocenters. The first-order valence-corrected chi connectivity index (χ1v) is 8.98. The van der Waals surface area contributed by atoms with E-state index in [0.29, 0.717) is 17.7 Å². The van der Waals surface area contributed by atoms with Crippen LogP contribution in [0, 0.1) is 6.92 Å². The van der Waals surface area contributed by atoms with Gasteiger partial charge in [-0.2, -0.15) is 0 Å². The molecule has 0 spiro atoms. The summed E-state index contributed by atoms with van der Waals surface area (Å²) in [5, 5.41) is 0. The van der Waals surface area contributed by atoms with Crippen LogP contribution in [-0.2, 0) is 0 Å². The lowest BCUT2D eigenvalue weighted by Gasteiger charge is -2.35. The molecule has 1 aliphatic heterocycles. The van der Waals surface area contributed by atoms with Gasteiger partial charge in [0.1, 0.15) is 11.5 Å². The molecule has 24 heavy (non-hydrogen) atoms. The number of aryl methyl sites for hydroxylation is 1. The molecule has 126 valence electrons. The summed E-state index contributed by atoms with van der Waals surface area (Å²) in [5.41, 5.74) is 1.80. The number of aromatic nitrogens is 3. The van der Waals surface area contributed by atoms with Gasteiger partial charge in [-0.1, -0.05) is 12.5 Å². The molecular weight excluding hydrogens is 300 g/mol. The van der Waals surface area contributed by atoms with Crippen molar-refractivity contribution in [3.8, 4) is 0 Å². The van der Waals surface area contributed by atoms with Crippen LogP contribution in [0.1, 0.15) is 66.1 Å². The maximum atomic E-state index is 12.5. The summed E-state index contributed by atoms with van der Waals surface area (Å²) >= 11 is 0. The molecule has 0 aromatic carbocycles. The molecule has 0 atom stereocenters. The molecule has 5 heteroatoms. The van der Waals surface area contributed by atoms with Crippen molar-refractivity contribution in [3.63, 3.8) is 0 Å². The molecule has 1 saturated heterocycles. The third kappa shape index (κ3) is 2.72. The van der Waals surface area contributed by atoms with E-state index in [1.807, 2.05) is 23.2 Å². The van der Waals surface area contributed by atoms with E-state index < -0.39 is 0 Å². The normalized spacial score (nSPS) is 19.3. The van der Waals surface area contributed by atoms with Gasteiger partial charge in [-0.05, 0) is 44.7 Å². The van der Waals surface area contributed by atoms with E-state index in [4.69, 9.17) is 0 Å². The zero-order chi connectivity index (χ0) is 16.5. The first-order chi connectivity index (χ1) is 11.7. The van der Waals surface area contributed by atoms with Crippen molar-refractivity contribution in [2.75, 3.05) is 13.1 Å². The molecule has 1 saturated carbocycles. The van der Waals surface area contributed by atoms with Gasteiger partial charge in [0.2, 0.25) is 0 Å². The molecular formula is C19H24N4O. The highest BCUT2D eigenvalue weighted by Crippen LogP contribution is 2.38. The standard InChI is InChI=1S/C19H24N4O/c1-14-13-21-18(15-5-4-6-15)23(14)16-8-11-22(12-9-16)19(24)17-7-2-3-10-20-17/h2-3,7,10,13,15-16H,4-6,8-9,11-12H2,1H3. The van der Waals surface area contributed by atoms with E-state index in [1.54, 1.807) is 12.3 Å². The predicted octanol–water partition coefficient (Wildman–Crippen LogP) is 3.33. The van der Waals surface area contributed by atoms with E-state index in [1.165, 1.54) is 30.8 Å². The topological polar surface area (TPSA) is 51.0 Å². The number of hydrogen-bond donors (Lipinski definition) is 0. The predicted molar refractivity (Wildman–Crippen MR) is 92.0 cm³/mol. The number of nitrogens with zero attached hydrogens (tertiary/aromatic N) is 4. The van der Waals surface area contributed by atoms with Crippen LogP contribution in [0.3, 0.4) is 0 Å². The number of hydrogen-bond acceptors (Lipinski definition) is 3. The summed E-state index contributed by atoms with van der Waals surface area (Å²) in [6.07, 6.45) is 9.55. The van der Waals surface area contributed by atoms with Crippen LogP contribution in [0.5, 0.6) is 0 Å². The largest absolute Gasteiger partial charge is 0.337 e. The highest BCUT2D eigenvalue weighted by atomic mass is 16.2. The van der Waals surface area contributed by atoms with Gasteiger partial charge in [0.05, 0.1) is 0 Å². The van der Waals surface area contributed by atoms with Crippen LogP contribution in [0.2, 0.25) is 0 Å². The number of imidazole rings is 1. The zero-order valence-electron chi connectivity index (χ0n) is 14.2. The van der Waals surface area contributed by atoms with Crippen LogP contribution in [0.15, 0.2) is 30.6 Å². The number of carbonyl (C=O) groups is 1. The Morgan fingerprint density at radius 2 is 1.92 bits per heavy atom. The molecule has 4 rings (SSSR count). The van der Waals surface area contributed by atoms with Crippen molar-refractivity contribution < 1.29 is 4.79 Å². The minimum atomic E-state index is 0.0515. The van der Waals surface area contributed by atoms with Gasteiger partial charge in [-0.15, -0.1) is 0 Å². The van der Waals surface area contributed by atoms with Crippen LogP contribution in [-0.4, -0.2) is 38.4 Å². The van der Waals surface area contributed by atoms with Crippen molar-refractivity contribution >= 4 is 5.91 Å². The molecule has 3 heterocycles. The number of amides is 1. The highest BCUT2D eigenvalue weighted by molar-refractivity contribution is 5.92. The van der Waals surface area contributed by atoms with Gasteiger partial charge in [0.25, 0.3) is 5.91 Å². The maximum Gasteiger partial charge on any atom is 0.272 e. The maximum absolute atomic E-state index is 12.5. The summed E-state index contributed by atoms with van der Waals surface area (Å²) < 4.78 is 2.45. The second kappa shape index (κ2) is 6.38. The van der Waals surface area contributed by atoms with Gasteiger partial charge >= 0.3 is 0 Å². The number of likely N-dealkylation sites (tertiary alicyclic amines) is 1. The number of piperidine rings is 1. The minimum absolute atomic E-state index is 0.0515. The minimum Gasteiger partial charge on any atom is -0.337 e. The Labute approximate surface area is 142 Å². The third-order valence-electron chi connectivity index (χ3n) is 5.48. The lowest BCUT2D eigenvalue weighted by atomic mass is 9.84. The number of carbonyl (C=O) groups excluding carboxylic acids is 1. The first-order valence-electron chi connectivity index (χ1n) is 8.98. The Bertz CT molecular complexity index is 712. The molecule has 1 amide bonds. The quantitative estimate of drug-likeness (QED) is 0.870. The molecule has 1 aliphatic carbocycles. The van der Waals surface area contributed by atoms with Gasteiger partial charge in [-0.3, -0.25) is 9.78 Å². The van der Waals surface area contributed by atoms with Crippen molar-refractivity contribution in [1.29, 1.82) is 0 Å². The molecule has 0 radical (unpaired) electrons. The van der Waals surface area contributed by atoms with Gasteiger partial charge in [0.15, 0.2) is 0 Å². The zero-order valence-corrected chi connectivity index (χ0v) is 14.2. The Kier molecular flexibility index (Phi) is 4.08. The van der Waals surface area contributed by atoms with Crippen LogP contribution in [0.4, 0.5) is 0 Å². The van der Waals surface area contributed by atoms with Gasteiger partial charge in [-0.25, -0.2) is 4.98 Å². The average Bonchev–Trinajstić information content (AvgIpc) is 2.95. The van der Waals surface area contributed by atoms with Crippen LogP contribution in [0.25, 0.3) is 0 Å². The van der Waals surface area contributed by atoms with Gasteiger partial charge in [0, 0.05) is 43.1 Å². The fourth-order valence-corrected chi connectivity index (χ4v) is 3.89. The summed E-state index contributed by atoms with van der Waals surface area (Å²) in [4.78, 5) is 23.3. The Morgan fingerprint density at radius 3 is 2.54 bits per heavy atom. The lowest BCUT2D eigenvalue weighted by molar-refractivity contribution is 0.0686. The Morgan fingerprint density at radius 1 is 1.12 bits per heavy atom. The van der Waals surface area contributed by atoms with Crippen molar-refractivity contribution in [1.82, 2.24) is 19.4 Å². The van der Waals surface area contributed by atoms with E-state index in [9.17, 15) is 4.79 Å². The summed E-state index contributed by atoms with van der Waals surface area (Å²) in [6.45, 7) is 3.74. The Balaban J connectivity index is 1.45. The summed E-state index contributed by atoms with van der Waals surface area (Å²) in [5.74, 6) is 1.97. The van der Waals surface area contributed by atoms with Gasteiger partial charge < -0.3 is 9.47 Å². The fraction of sp³-hybridized carbons (Fsp3) is 0.526. The van der Waals surface area contributed by atoms with E-state index >= 15 is 0 Å². The van der Waals surface area contributed by atoms with Crippen LogP contribution < -0.4 is 0 Å². The molecule has 0 bridgehead atoms. The van der Waals surface area contributed by atoms with Crippen LogP contribution >= 0.6 is 0 Å². The van der Waals surface area contributed by atoms with Crippen molar-refractivity contribution in [2.45, 2.75) is 51.0 Å². The molecule has 0 N–H and O–H groups in total. The average molecular weight is 324 g/mol. The molecule has 2 aliphatic rings. The first kappa shape index (κ1) is 15.4. The summed E-state index contributed by atoms with van der Waals surface area (Å²) in [7, 11) is 0. The third-order valence-corrected chi connectivity index (χ3v) is 5.48. The molecule has 5 nitrogen and oxygen atoms in total. The molecule has 2 fully saturated rings. The second-order valence-corrected chi connectivity index (χ2v) is 6.99. The fourth-order valence-electron chi connectivity index (χ4n) is 3.89. The van der Waals surface area contributed by atoms with E-state index in [2.05, 4.69) is 21.5 Å². The highest BCUT2D eigenvalue weighted by Gasteiger charge is 2.30. The van der Waals surface area contributed by atoms with Crippen molar-refractivity contribution in [2.24, 2.45) is 0 Å². The number of rotatable bonds is 3. The second-order valence-electron chi connectivity index (χ2n) is 6.99. The molecule has 2 aromatic heterocycles. The van der Waals surface area contributed by atoms with Crippen molar-refractivity contribution in [3.05, 3.63) is 47.8 Å². The SMILES string of the molecule is Cc1cnc(C2CCC2)n1C1CCN(C(=O)c2ccccn2)CC1. The van der Waals surface area contributed by atoms with E-state index in [-0.39, 0.29) is 5.91 Å². The smallest absolute Gasteiger partial charge is 0.272 e. The monoisotopic (exact) mass is 324 g/mol. The molecule has 2 aromatic rings. The Hall–Kier alpha value is -2.17. The lowest BCUT2D eigenvalue weighted by Crippen LogP contribution is -2.40. The number of pyridine rings is 1.